The second kappa shape index (κ2) is 30.0. The summed E-state index contributed by atoms with van der Waals surface area (Å²) < 4.78 is 125. The summed E-state index contributed by atoms with van der Waals surface area (Å²) in [5.74, 6) is -3.82. The van der Waals surface area contributed by atoms with Crippen LogP contribution in [0.15, 0.2) is 34.5 Å². The molecule has 5 N–H and O–H groups in total. The lowest BCUT2D eigenvalue weighted by Crippen LogP contribution is -2.25. The predicted octanol–water partition coefficient (Wildman–Crippen LogP) is 6.22. The summed E-state index contributed by atoms with van der Waals surface area (Å²) in [6, 6.07) is 5.29. The second-order valence-corrected chi connectivity index (χ2v) is 19.0. The Morgan fingerprint density at radius 3 is 1.34 bits per heavy atom. The largest absolute Gasteiger partial charge is 0.493 e. The number of amides is 1. The standard InChI is InChI=1S/C38H57N7O17S3/c39-44-42-15-5-1-3-7-17-58-32-27-30(38(47)48)28-33(59-18-8-4-2-6-16-43-45-40)31(32)13-9-14-41-37(46)29-25-34(60-19-10-22-63(49,50)51)36(62-21-12-24-65(55,56)57)35(26-29)61-20-11-23-64(52,53)54/h25-28H,1-24H2,(H,41,46)(H,47,48)(H,49,50,51)(H,52,53,54)(H,55,56,57). The molecule has 2 aromatic carbocycles. The molecule has 0 bridgehead atoms. The molecule has 2 aromatic rings. The molecule has 0 aliphatic carbocycles. The average molecular weight is 980 g/mol. The molecule has 0 unspecified atom stereocenters. The van der Waals surface area contributed by atoms with Crippen LogP contribution in [0.5, 0.6) is 28.7 Å². The first-order valence-corrected chi connectivity index (χ1v) is 25.5. The minimum Gasteiger partial charge on any atom is -0.493 e. The predicted molar refractivity (Wildman–Crippen MR) is 236 cm³/mol. The van der Waals surface area contributed by atoms with Crippen LogP contribution < -0.4 is 29.0 Å². The number of nitrogens with one attached hydrogen (secondary N) is 1. The summed E-state index contributed by atoms with van der Waals surface area (Å²) in [6.45, 7) is 0.335. The Kier molecular flexibility index (Phi) is 25.8. The first-order valence-electron chi connectivity index (χ1n) is 20.7. The van der Waals surface area contributed by atoms with E-state index in [2.05, 4.69) is 25.4 Å². The molecular formula is C38H57N7O17S3. The lowest BCUT2D eigenvalue weighted by atomic mass is 10.0. The molecule has 65 heavy (non-hydrogen) atoms. The Morgan fingerprint density at radius 1 is 0.538 bits per heavy atom. The van der Waals surface area contributed by atoms with Gasteiger partial charge in [0.25, 0.3) is 36.3 Å². The summed E-state index contributed by atoms with van der Waals surface area (Å²) in [5, 5.41) is 19.7. The molecule has 0 atom stereocenters. The molecule has 364 valence electrons. The number of hydrogen-bond acceptors (Lipinski definition) is 15. The number of carbonyl (C=O) groups excluding carboxylic acids is 1. The highest BCUT2D eigenvalue weighted by molar-refractivity contribution is 7.86. The molecule has 0 radical (unpaired) electrons. The summed E-state index contributed by atoms with van der Waals surface area (Å²) >= 11 is 0. The van der Waals surface area contributed by atoms with E-state index >= 15 is 0 Å². The van der Waals surface area contributed by atoms with Crippen LogP contribution in [0.25, 0.3) is 20.9 Å². The minimum absolute atomic E-state index is 0.0533. The van der Waals surface area contributed by atoms with Crippen LogP contribution in [-0.4, -0.2) is 126 Å². The van der Waals surface area contributed by atoms with Crippen LogP contribution in [0.2, 0.25) is 0 Å². The molecule has 0 saturated heterocycles. The van der Waals surface area contributed by atoms with E-state index in [0.717, 1.165) is 25.7 Å². The monoisotopic (exact) mass is 979 g/mol. The number of benzene rings is 2. The number of azide groups is 2. The van der Waals surface area contributed by atoms with E-state index < -0.39 is 59.5 Å². The summed E-state index contributed by atoms with van der Waals surface area (Å²) in [7, 11) is -13.1. The van der Waals surface area contributed by atoms with Gasteiger partial charge in [-0.3, -0.25) is 18.5 Å². The van der Waals surface area contributed by atoms with Crippen molar-refractivity contribution in [2.24, 2.45) is 10.2 Å². The smallest absolute Gasteiger partial charge is 0.335 e. The third-order valence-corrected chi connectivity index (χ3v) is 11.3. The number of ether oxygens (including phenoxy) is 5. The van der Waals surface area contributed by atoms with Crippen molar-refractivity contribution in [3.8, 4) is 28.7 Å². The average Bonchev–Trinajstić information content (AvgIpc) is 3.22. The number of carboxylic acids is 1. The van der Waals surface area contributed by atoms with Crippen molar-refractivity contribution in [3.63, 3.8) is 0 Å². The highest BCUT2D eigenvalue weighted by Gasteiger charge is 2.22. The topological polar surface area (TPSA) is 373 Å². The van der Waals surface area contributed by atoms with Gasteiger partial charge < -0.3 is 34.1 Å². The minimum atomic E-state index is -4.36. The molecule has 1 amide bonds. The molecule has 0 spiro atoms. The first-order chi connectivity index (χ1) is 30.8. The maximum Gasteiger partial charge on any atom is 0.335 e. The zero-order valence-corrected chi connectivity index (χ0v) is 38.2. The van der Waals surface area contributed by atoms with Gasteiger partial charge in [-0.25, -0.2) is 4.79 Å². The maximum atomic E-state index is 13.6. The lowest BCUT2D eigenvalue weighted by molar-refractivity contribution is 0.0695. The summed E-state index contributed by atoms with van der Waals surface area (Å²) in [5.41, 5.74) is 17.4. The summed E-state index contributed by atoms with van der Waals surface area (Å²) in [6.07, 6.45) is 5.69. The van der Waals surface area contributed by atoms with Crippen LogP contribution in [0.3, 0.4) is 0 Å². The zero-order chi connectivity index (χ0) is 48.1. The fourth-order valence-corrected chi connectivity index (χ4v) is 7.32. The van der Waals surface area contributed by atoms with Crippen molar-refractivity contribution in [1.82, 2.24) is 5.32 Å². The van der Waals surface area contributed by atoms with E-state index in [9.17, 15) is 39.9 Å². The third kappa shape index (κ3) is 25.7. The Balaban J connectivity index is 2.37. The summed E-state index contributed by atoms with van der Waals surface area (Å²) in [4.78, 5) is 31.3. The van der Waals surface area contributed by atoms with Gasteiger partial charge in [0.05, 0.1) is 55.9 Å². The van der Waals surface area contributed by atoms with E-state index in [1.807, 2.05) is 0 Å². The molecule has 0 aliphatic heterocycles. The van der Waals surface area contributed by atoms with Gasteiger partial charge >= 0.3 is 5.97 Å². The fraction of sp³-hybridized carbons (Fsp3) is 0.632. The molecule has 0 aromatic heterocycles. The van der Waals surface area contributed by atoms with Gasteiger partial charge in [0.15, 0.2) is 11.5 Å². The van der Waals surface area contributed by atoms with E-state index in [0.29, 0.717) is 44.3 Å². The molecular weight excluding hydrogens is 923 g/mol. The van der Waals surface area contributed by atoms with Crippen molar-refractivity contribution >= 4 is 42.2 Å². The SMILES string of the molecule is [N-]=[N+]=NCCCCCCOc1cc(C(=O)O)cc(OCCCCCCN=[N+]=[N-])c1CCCNC(=O)c1cc(OCCCS(=O)(=O)O)c(OCCCS(=O)(=O)O)c(OCCCS(=O)(=O)O)c1. The van der Waals surface area contributed by atoms with E-state index in [4.69, 9.17) is 48.4 Å². The Morgan fingerprint density at radius 2 is 0.923 bits per heavy atom. The van der Waals surface area contributed by atoms with Gasteiger partial charge in [0.2, 0.25) is 5.75 Å². The van der Waals surface area contributed by atoms with Crippen molar-refractivity contribution in [1.29, 1.82) is 0 Å². The highest BCUT2D eigenvalue weighted by Crippen LogP contribution is 2.40. The van der Waals surface area contributed by atoms with Gasteiger partial charge in [-0.1, -0.05) is 35.9 Å². The molecule has 27 heteroatoms. The van der Waals surface area contributed by atoms with Crippen LogP contribution in [0.1, 0.15) is 103 Å². The number of unbranched alkanes of at least 4 members (excludes halogenated alkanes) is 6. The lowest BCUT2D eigenvalue weighted by Gasteiger charge is -2.19. The Bertz CT molecular complexity index is 2160. The molecule has 0 aliphatic rings. The van der Waals surface area contributed by atoms with Crippen LogP contribution >= 0.6 is 0 Å². The molecule has 2 rings (SSSR count). The number of nitrogens with zero attached hydrogens (tertiary/aromatic N) is 6. The van der Waals surface area contributed by atoms with Crippen LogP contribution in [0, 0.1) is 0 Å². The highest BCUT2D eigenvalue weighted by atomic mass is 32.2. The molecule has 0 heterocycles. The van der Waals surface area contributed by atoms with Gasteiger partial charge in [0.1, 0.15) is 11.5 Å². The number of aromatic carboxylic acids is 1. The number of carboxylic acid groups (broad SMARTS) is 1. The van der Waals surface area contributed by atoms with Crippen molar-refractivity contribution in [3.05, 3.63) is 61.8 Å². The van der Waals surface area contributed by atoms with Gasteiger partial charge in [-0.15, -0.1) is 0 Å². The fourth-order valence-electron chi connectivity index (χ4n) is 5.87. The van der Waals surface area contributed by atoms with Gasteiger partial charge in [0, 0.05) is 40.6 Å². The number of rotatable bonds is 37. The number of carbonyl (C=O) groups is 2. The van der Waals surface area contributed by atoms with Crippen molar-refractivity contribution < 1.29 is 77.3 Å². The van der Waals surface area contributed by atoms with E-state index in [1.165, 1.54) is 24.3 Å². The third-order valence-electron chi connectivity index (χ3n) is 8.94. The van der Waals surface area contributed by atoms with E-state index in [-0.39, 0.29) is 112 Å². The van der Waals surface area contributed by atoms with E-state index in [1.54, 1.807) is 0 Å². The van der Waals surface area contributed by atoms with Gasteiger partial charge in [-0.05, 0) is 93.1 Å². The Labute approximate surface area is 377 Å². The van der Waals surface area contributed by atoms with Crippen molar-refractivity contribution in [2.45, 2.75) is 83.5 Å². The van der Waals surface area contributed by atoms with Crippen LogP contribution in [-0.2, 0) is 36.8 Å². The molecule has 0 saturated carbocycles. The normalized spacial score (nSPS) is 11.5. The van der Waals surface area contributed by atoms with Gasteiger partial charge in [-0.2, -0.15) is 25.3 Å². The zero-order valence-electron chi connectivity index (χ0n) is 35.8. The quantitative estimate of drug-likeness (QED) is 0.0165. The maximum absolute atomic E-state index is 13.6. The van der Waals surface area contributed by atoms with Crippen LogP contribution in [0.4, 0.5) is 0 Å². The Hall–Kier alpha value is -5.27. The second-order valence-electron chi connectivity index (χ2n) is 14.3. The number of hydrogen-bond donors (Lipinski definition) is 5. The molecule has 0 fully saturated rings. The molecule has 24 nitrogen and oxygen atoms in total. The van der Waals surface area contributed by atoms with Crippen molar-refractivity contribution in [2.75, 3.05) is 69.9 Å². The first kappa shape index (κ1) is 55.9.